The van der Waals surface area contributed by atoms with Crippen molar-refractivity contribution in [1.29, 1.82) is 0 Å². The van der Waals surface area contributed by atoms with Crippen LogP contribution >= 0.6 is 11.8 Å². The molecule has 2 aromatic rings. The van der Waals surface area contributed by atoms with Crippen molar-refractivity contribution in [3.8, 4) is 0 Å². The first-order chi connectivity index (χ1) is 12.8. The first-order valence-corrected chi connectivity index (χ1v) is 10.3. The van der Waals surface area contributed by atoms with Crippen molar-refractivity contribution in [2.45, 2.75) is 43.1 Å². The summed E-state index contributed by atoms with van der Waals surface area (Å²) < 4.78 is 5.84. The molecule has 0 saturated carbocycles. The van der Waals surface area contributed by atoms with Crippen LogP contribution in [-0.2, 0) is 10.5 Å². The number of hydrogen-bond donors (Lipinski definition) is 0. The van der Waals surface area contributed by atoms with E-state index in [1.807, 2.05) is 47.4 Å². The maximum absolute atomic E-state index is 12.8. The number of pyridine rings is 1. The summed E-state index contributed by atoms with van der Waals surface area (Å²) in [5, 5.41) is 1.01. The smallest absolute Gasteiger partial charge is 0.253 e. The summed E-state index contributed by atoms with van der Waals surface area (Å²) in [6.45, 7) is 4.41. The fourth-order valence-corrected chi connectivity index (χ4v) is 3.88. The van der Waals surface area contributed by atoms with Crippen LogP contribution in [0.1, 0.15) is 42.1 Å². The maximum atomic E-state index is 12.8. The van der Waals surface area contributed by atoms with E-state index in [9.17, 15) is 4.79 Å². The molecule has 1 amide bonds. The Balaban J connectivity index is 1.54. The van der Waals surface area contributed by atoms with Gasteiger partial charge in [0.2, 0.25) is 0 Å². The highest BCUT2D eigenvalue weighted by atomic mass is 32.2. The number of piperidine rings is 1. The molecule has 0 N–H and O–H groups in total. The number of benzene rings is 1. The zero-order chi connectivity index (χ0) is 18.2. The molecule has 1 fully saturated rings. The number of rotatable bonds is 7. The Bertz CT molecular complexity index is 691. The van der Waals surface area contributed by atoms with Gasteiger partial charge in [-0.3, -0.25) is 4.79 Å². The molecule has 1 aromatic carbocycles. The Morgan fingerprint density at radius 1 is 1.27 bits per heavy atom. The number of thioether (sulfide) groups is 1. The second-order valence-corrected chi connectivity index (χ2v) is 7.54. The lowest BCUT2D eigenvalue weighted by Gasteiger charge is -2.32. The van der Waals surface area contributed by atoms with Crippen molar-refractivity contribution in [2.75, 3.05) is 19.7 Å². The van der Waals surface area contributed by atoms with Crippen LogP contribution in [0.5, 0.6) is 0 Å². The molecule has 0 spiro atoms. The zero-order valence-electron chi connectivity index (χ0n) is 15.3. The molecular formula is C21H26N2O2S. The van der Waals surface area contributed by atoms with Gasteiger partial charge in [-0.15, -0.1) is 11.8 Å². The third-order valence-corrected chi connectivity index (χ3v) is 5.46. The van der Waals surface area contributed by atoms with Gasteiger partial charge in [0.1, 0.15) is 0 Å². The highest BCUT2D eigenvalue weighted by Gasteiger charge is 2.24. The zero-order valence-corrected chi connectivity index (χ0v) is 16.1. The van der Waals surface area contributed by atoms with Crippen molar-refractivity contribution in [1.82, 2.24) is 9.88 Å². The second kappa shape index (κ2) is 9.74. The lowest BCUT2D eigenvalue weighted by Crippen LogP contribution is -2.43. The van der Waals surface area contributed by atoms with E-state index in [4.69, 9.17) is 4.74 Å². The number of hydrogen-bond acceptors (Lipinski definition) is 4. The Morgan fingerprint density at radius 3 is 2.85 bits per heavy atom. The summed E-state index contributed by atoms with van der Waals surface area (Å²) in [4.78, 5) is 19.0. The number of amides is 1. The molecule has 4 nitrogen and oxygen atoms in total. The van der Waals surface area contributed by atoms with E-state index in [1.165, 1.54) is 5.56 Å². The fourth-order valence-electron chi connectivity index (χ4n) is 3.06. The molecule has 0 aliphatic carbocycles. The summed E-state index contributed by atoms with van der Waals surface area (Å²) in [5.74, 6) is 0.959. The summed E-state index contributed by atoms with van der Waals surface area (Å²) >= 11 is 1.70. The van der Waals surface area contributed by atoms with E-state index in [0.717, 1.165) is 48.8 Å². The molecule has 1 aromatic heterocycles. The monoisotopic (exact) mass is 370 g/mol. The summed E-state index contributed by atoms with van der Waals surface area (Å²) in [6.07, 6.45) is 5.07. The van der Waals surface area contributed by atoms with Crippen LogP contribution in [0.2, 0.25) is 0 Å². The molecule has 0 radical (unpaired) electrons. The van der Waals surface area contributed by atoms with Crippen molar-refractivity contribution in [2.24, 2.45) is 0 Å². The number of likely N-dealkylation sites (tertiary alicyclic amines) is 1. The molecule has 5 heteroatoms. The van der Waals surface area contributed by atoms with Crippen LogP contribution < -0.4 is 0 Å². The number of aromatic nitrogens is 1. The van der Waals surface area contributed by atoms with E-state index in [1.54, 1.807) is 18.0 Å². The Kier molecular flexibility index (Phi) is 7.09. The van der Waals surface area contributed by atoms with Crippen molar-refractivity contribution in [3.63, 3.8) is 0 Å². The van der Waals surface area contributed by atoms with Gasteiger partial charge < -0.3 is 9.64 Å². The van der Waals surface area contributed by atoms with Crippen LogP contribution in [-0.4, -0.2) is 41.6 Å². The highest BCUT2D eigenvalue weighted by molar-refractivity contribution is 7.98. The van der Waals surface area contributed by atoms with Gasteiger partial charge in [-0.2, -0.15) is 0 Å². The second-order valence-electron chi connectivity index (χ2n) is 6.54. The molecule has 0 bridgehead atoms. The number of carbonyl (C=O) groups excluding carboxylic acids is 1. The molecule has 1 atom stereocenters. The molecule has 1 aliphatic heterocycles. The number of ether oxygens (including phenoxy) is 1. The van der Waals surface area contributed by atoms with Gasteiger partial charge in [-0.25, -0.2) is 4.98 Å². The maximum Gasteiger partial charge on any atom is 0.253 e. The predicted molar refractivity (Wildman–Crippen MR) is 105 cm³/mol. The Hall–Kier alpha value is -1.85. The van der Waals surface area contributed by atoms with E-state index in [0.29, 0.717) is 6.54 Å². The van der Waals surface area contributed by atoms with Crippen molar-refractivity contribution in [3.05, 3.63) is 59.8 Å². The van der Waals surface area contributed by atoms with Crippen molar-refractivity contribution < 1.29 is 9.53 Å². The minimum atomic E-state index is 0.110. The predicted octanol–water partition coefficient (Wildman–Crippen LogP) is 4.41. The minimum absolute atomic E-state index is 0.110. The molecule has 26 heavy (non-hydrogen) atoms. The molecule has 3 rings (SSSR count). The normalized spacial score (nSPS) is 17.3. The van der Waals surface area contributed by atoms with E-state index in [-0.39, 0.29) is 12.0 Å². The third kappa shape index (κ3) is 5.32. The summed E-state index contributed by atoms with van der Waals surface area (Å²) in [7, 11) is 0. The molecule has 2 heterocycles. The van der Waals surface area contributed by atoms with Crippen LogP contribution in [0.3, 0.4) is 0 Å². The van der Waals surface area contributed by atoms with Crippen LogP contribution in [0.4, 0.5) is 0 Å². The standard InChI is InChI=1S/C21H26N2O2S/c1-2-14-25-19-6-5-13-23(15-19)21(24)18-10-8-17(9-11-18)16-26-20-7-3-4-12-22-20/h3-4,7-12,19H,2,5-6,13-16H2,1H3/t19-/m1/s1. The number of carbonyl (C=O) groups is 1. The lowest BCUT2D eigenvalue weighted by atomic mass is 10.1. The van der Waals surface area contributed by atoms with Crippen LogP contribution in [0.25, 0.3) is 0 Å². The van der Waals surface area contributed by atoms with Gasteiger partial charge in [0.05, 0.1) is 11.1 Å². The first kappa shape index (κ1) is 18.9. The van der Waals surface area contributed by atoms with Gasteiger partial charge in [-0.1, -0.05) is 25.1 Å². The van der Waals surface area contributed by atoms with Gasteiger partial charge in [-0.05, 0) is 49.1 Å². The van der Waals surface area contributed by atoms with Crippen molar-refractivity contribution >= 4 is 17.7 Å². The van der Waals surface area contributed by atoms with Crippen LogP contribution in [0, 0.1) is 0 Å². The average Bonchev–Trinajstić information content (AvgIpc) is 2.71. The molecule has 0 unspecified atom stereocenters. The molecule has 1 saturated heterocycles. The quantitative estimate of drug-likeness (QED) is 0.677. The number of nitrogens with zero attached hydrogens (tertiary/aromatic N) is 2. The Morgan fingerprint density at radius 2 is 2.12 bits per heavy atom. The SMILES string of the molecule is CCCO[C@@H]1CCCN(C(=O)c2ccc(CSc3ccccn3)cc2)C1. The van der Waals surface area contributed by atoms with Crippen LogP contribution in [0.15, 0.2) is 53.7 Å². The van der Waals surface area contributed by atoms with E-state index < -0.39 is 0 Å². The largest absolute Gasteiger partial charge is 0.376 e. The van der Waals surface area contributed by atoms with Gasteiger partial charge in [0.25, 0.3) is 5.91 Å². The van der Waals surface area contributed by atoms with Gasteiger partial charge in [0.15, 0.2) is 0 Å². The van der Waals surface area contributed by atoms with Gasteiger partial charge >= 0.3 is 0 Å². The summed E-state index contributed by atoms with van der Waals surface area (Å²) in [5.41, 5.74) is 1.95. The average molecular weight is 371 g/mol. The summed E-state index contributed by atoms with van der Waals surface area (Å²) in [6, 6.07) is 13.9. The third-order valence-electron chi connectivity index (χ3n) is 4.45. The molecule has 1 aliphatic rings. The fraction of sp³-hybridized carbons (Fsp3) is 0.429. The van der Waals surface area contributed by atoms with E-state index >= 15 is 0 Å². The van der Waals surface area contributed by atoms with E-state index in [2.05, 4.69) is 11.9 Å². The van der Waals surface area contributed by atoms with Gasteiger partial charge in [0, 0.05) is 37.2 Å². The Labute approximate surface area is 160 Å². The topological polar surface area (TPSA) is 42.4 Å². The minimum Gasteiger partial charge on any atom is -0.376 e. The molecule has 138 valence electrons. The highest BCUT2D eigenvalue weighted by Crippen LogP contribution is 2.21. The molecular weight excluding hydrogens is 344 g/mol. The first-order valence-electron chi connectivity index (χ1n) is 9.30. The lowest BCUT2D eigenvalue weighted by molar-refractivity contribution is 0.00211.